The average molecular weight is 298 g/mol. The first-order chi connectivity index (χ1) is 10.2. The fraction of sp³-hybridized carbons (Fsp3) is 0.353. The first kappa shape index (κ1) is 13.0. The van der Waals surface area contributed by atoms with Crippen molar-refractivity contribution in [1.29, 1.82) is 0 Å². The summed E-state index contributed by atoms with van der Waals surface area (Å²) in [5, 5.41) is 5.46. The maximum Gasteiger partial charge on any atom is 0.254 e. The Bertz CT molecular complexity index is 707. The lowest BCUT2D eigenvalue weighted by Gasteiger charge is -2.33. The highest BCUT2D eigenvalue weighted by molar-refractivity contribution is 7.10. The molecule has 4 rings (SSSR count). The third-order valence-corrected chi connectivity index (χ3v) is 5.62. The van der Waals surface area contributed by atoms with Gasteiger partial charge < -0.3 is 10.2 Å². The molecule has 2 aliphatic rings. The van der Waals surface area contributed by atoms with Crippen LogP contribution in [-0.4, -0.2) is 17.4 Å². The molecule has 1 aromatic heterocycles. The zero-order valence-electron chi connectivity index (χ0n) is 12.1. The SMILES string of the molecule is CC1c2ccsc2CCN1C(=O)c1ccc2c(c1)CNC2. The van der Waals surface area contributed by atoms with Crippen molar-refractivity contribution in [3.8, 4) is 0 Å². The van der Waals surface area contributed by atoms with E-state index in [0.29, 0.717) is 0 Å². The van der Waals surface area contributed by atoms with E-state index in [1.165, 1.54) is 21.6 Å². The van der Waals surface area contributed by atoms with Crippen LogP contribution in [0.4, 0.5) is 0 Å². The zero-order valence-corrected chi connectivity index (χ0v) is 12.9. The van der Waals surface area contributed by atoms with Gasteiger partial charge in [0.05, 0.1) is 6.04 Å². The number of benzene rings is 1. The first-order valence-electron chi connectivity index (χ1n) is 7.44. The van der Waals surface area contributed by atoms with Gasteiger partial charge in [-0.1, -0.05) is 6.07 Å². The number of carbonyl (C=O) groups is 1. The van der Waals surface area contributed by atoms with Crippen LogP contribution in [0.15, 0.2) is 29.6 Å². The van der Waals surface area contributed by atoms with E-state index in [9.17, 15) is 4.79 Å². The molecule has 1 amide bonds. The van der Waals surface area contributed by atoms with Crippen LogP contribution in [0.5, 0.6) is 0 Å². The van der Waals surface area contributed by atoms with Gasteiger partial charge in [0.25, 0.3) is 5.91 Å². The Morgan fingerprint density at radius 3 is 3.05 bits per heavy atom. The van der Waals surface area contributed by atoms with Crippen LogP contribution >= 0.6 is 11.3 Å². The molecule has 0 saturated carbocycles. The van der Waals surface area contributed by atoms with Gasteiger partial charge in [0.15, 0.2) is 0 Å². The van der Waals surface area contributed by atoms with Gasteiger partial charge in [0, 0.05) is 30.1 Å². The molecule has 3 heterocycles. The van der Waals surface area contributed by atoms with Crippen molar-refractivity contribution in [2.75, 3.05) is 6.54 Å². The predicted molar refractivity (Wildman–Crippen MR) is 84.5 cm³/mol. The summed E-state index contributed by atoms with van der Waals surface area (Å²) in [5.74, 6) is 0.161. The molecule has 0 aliphatic carbocycles. The lowest BCUT2D eigenvalue weighted by Crippen LogP contribution is -2.38. The van der Waals surface area contributed by atoms with E-state index in [0.717, 1.165) is 31.6 Å². The maximum atomic E-state index is 12.9. The second-order valence-electron chi connectivity index (χ2n) is 5.81. The molecule has 1 N–H and O–H groups in total. The molecule has 21 heavy (non-hydrogen) atoms. The Labute approximate surface area is 128 Å². The molecule has 0 bridgehead atoms. The van der Waals surface area contributed by atoms with Crippen LogP contribution in [-0.2, 0) is 19.5 Å². The second-order valence-corrected chi connectivity index (χ2v) is 6.81. The Hall–Kier alpha value is -1.65. The number of nitrogens with zero attached hydrogens (tertiary/aromatic N) is 1. The van der Waals surface area contributed by atoms with Crippen molar-refractivity contribution in [2.45, 2.75) is 32.5 Å². The summed E-state index contributed by atoms with van der Waals surface area (Å²) >= 11 is 1.81. The van der Waals surface area contributed by atoms with Gasteiger partial charge in [-0.25, -0.2) is 0 Å². The Balaban J connectivity index is 1.63. The molecule has 108 valence electrons. The quantitative estimate of drug-likeness (QED) is 0.877. The lowest BCUT2D eigenvalue weighted by molar-refractivity contribution is 0.0679. The van der Waals surface area contributed by atoms with Crippen LogP contribution in [0.3, 0.4) is 0 Å². The fourth-order valence-corrected chi connectivity index (χ4v) is 4.34. The Kier molecular flexibility index (Phi) is 3.08. The minimum absolute atomic E-state index is 0.161. The summed E-state index contributed by atoms with van der Waals surface area (Å²) in [5.41, 5.74) is 4.73. The number of hydrogen-bond donors (Lipinski definition) is 1. The summed E-state index contributed by atoms with van der Waals surface area (Å²) in [6, 6.07) is 8.47. The highest BCUT2D eigenvalue weighted by Crippen LogP contribution is 2.33. The molecular weight excluding hydrogens is 280 g/mol. The van der Waals surface area contributed by atoms with Gasteiger partial charge >= 0.3 is 0 Å². The van der Waals surface area contributed by atoms with E-state index in [-0.39, 0.29) is 11.9 Å². The van der Waals surface area contributed by atoms with Gasteiger partial charge in [0.2, 0.25) is 0 Å². The number of carbonyl (C=O) groups excluding carboxylic acids is 1. The third-order valence-electron chi connectivity index (χ3n) is 4.62. The van der Waals surface area contributed by atoms with Crippen molar-refractivity contribution in [1.82, 2.24) is 10.2 Å². The smallest absolute Gasteiger partial charge is 0.254 e. The fourth-order valence-electron chi connectivity index (χ4n) is 3.38. The van der Waals surface area contributed by atoms with E-state index in [1.54, 1.807) is 0 Å². The maximum absolute atomic E-state index is 12.9. The van der Waals surface area contributed by atoms with Crippen molar-refractivity contribution >= 4 is 17.2 Å². The van der Waals surface area contributed by atoms with E-state index in [2.05, 4.69) is 35.8 Å². The minimum Gasteiger partial charge on any atom is -0.331 e. The third kappa shape index (κ3) is 2.10. The van der Waals surface area contributed by atoms with Crippen molar-refractivity contribution in [3.63, 3.8) is 0 Å². The zero-order chi connectivity index (χ0) is 14.4. The molecule has 1 aromatic carbocycles. The predicted octanol–water partition coefficient (Wildman–Crippen LogP) is 3.11. The summed E-state index contributed by atoms with van der Waals surface area (Å²) in [4.78, 5) is 16.3. The number of rotatable bonds is 1. The minimum atomic E-state index is 0.161. The molecule has 0 radical (unpaired) electrons. The molecule has 4 heteroatoms. The molecule has 3 nitrogen and oxygen atoms in total. The molecule has 0 spiro atoms. The van der Waals surface area contributed by atoms with Crippen LogP contribution < -0.4 is 5.32 Å². The average Bonchev–Trinajstić information content (AvgIpc) is 3.15. The van der Waals surface area contributed by atoms with E-state index in [1.807, 2.05) is 22.3 Å². The summed E-state index contributed by atoms with van der Waals surface area (Å²) in [7, 11) is 0. The largest absolute Gasteiger partial charge is 0.331 e. The molecule has 0 saturated heterocycles. The van der Waals surface area contributed by atoms with Crippen molar-refractivity contribution in [2.24, 2.45) is 0 Å². The number of thiophene rings is 1. The van der Waals surface area contributed by atoms with Gasteiger partial charge in [0.1, 0.15) is 0 Å². The van der Waals surface area contributed by atoms with Crippen LogP contribution in [0.2, 0.25) is 0 Å². The molecule has 2 aliphatic heterocycles. The van der Waals surface area contributed by atoms with Gasteiger partial charge in [-0.05, 0) is 53.6 Å². The number of fused-ring (bicyclic) bond motifs is 2. The summed E-state index contributed by atoms with van der Waals surface area (Å²) in [6.45, 7) is 4.75. The topological polar surface area (TPSA) is 32.3 Å². The van der Waals surface area contributed by atoms with Crippen LogP contribution in [0.25, 0.3) is 0 Å². The molecule has 1 unspecified atom stereocenters. The highest BCUT2D eigenvalue weighted by atomic mass is 32.1. The monoisotopic (exact) mass is 298 g/mol. The van der Waals surface area contributed by atoms with Crippen LogP contribution in [0.1, 0.15) is 44.9 Å². The summed E-state index contributed by atoms with van der Waals surface area (Å²) in [6.07, 6.45) is 0.982. The van der Waals surface area contributed by atoms with E-state index >= 15 is 0 Å². The molecule has 1 atom stereocenters. The number of nitrogens with one attached hydrogen (secondary N) is 1. The van der Waals surface area contributed by atoms with E-state index in [4.69, 9.17) is 0 Å². The van der Waals surface area contributed by atoms with Gasteiger partial charge in [-0.3, -0.25) is 4.79 Å². The molecule has 0 fully saturated rings. The molecular formula is C17H18N2OS. The van der Waals surface area contributed by atoms with Crippen LogP contribution in [0, 0.1) is 0 Å². The van der Waals surface area contributed by atoms with Crippen molar-refractivity contribution < 1.29 is 4.79 Å². The van der Waals surface area contributed by atoms with E-state index < -0.39 is 0 Å². The standard InChI is InChI=1S/C17H18N2OS/c1-11-15-5-7-21-16(15)4-6-19(11)17(20)12-2-3-13-9-18-10-14(13)8-12/h2-3,5,7-8,11,18H,4,6,9-10H2,1H3. The second kappa shape index (κ2) is 4.97. The van der Waals surface area contributed by atoms with Crippen molar-refractivity contribution in [3.05, 3.63) is 56.8 Å². The summed E-state index contributed by atoms with van der Waals surface area (Å²) < 4.78 is 0. The Morgan fingerprint density at radius 1 is 1.29 bits per heavy atom. The Morgan fingerprint density at radius 2 is 2.14 bits per heavy atom. The van der Waals surface area contributed by atoms with Gasteiger partial charge in [-0.2, -0.15) is 0 Å². The molecule has 2 aromatic rings. The normalized spacial score (nSPS) is 20.2. The lowest BCUT2D eigenvalue weighted by atomic mass is 9.99. The number of amides is 1. The highest BCUT2D eigenvalue weighted by Gasteiger charge is 2.29. The van der Waals surface area contributed by atoms with Gasteiger partial charge in [-0.15, -0.1) is 11.3 Å². The number of hydrogen-bond acceptors (Lipinski definition) is 3. The first-order valence-corrected chi connectivity index (χ1v) is 8.32.